The topological polar surface area (TPSA) is 75.5 Å². The molecule has 120 valence electrons. The molecule has 1 fully saturated rings. The third-order valence-corrected chi connectivity index (χ3v) is 5.05. The van der Waals surface area contributed by atoms with Gasteiger partial charge in [-0.15, -0.1) is 12.4 Å². The van der Waals surface area contributed by atoms with Gasteiger partial charge in [-0.2, -0.15) is 11.8 Å². The SMILES string of the molecule is Cl.O=C(CC1CSCCN1)N1CCc2c1cccc2[N+](=O)[O-]. The summed E-state index contributed by atoms with van der Waals surface area (Å²) >= 11 is 1.86. The number of fused-ring (bicyclic) bond motifs is 1. The second-order valence-electron chi connectivity index (χ2n) is 5.26. The fraction of sp³-hybridized carbons (Fsp3) is 0.500. The van der Waals surface area contributed by atoms with Gasteiger partial charge in [0.25, 0.3) is 5.69 Å². The van der Waals surface area contributed by atoms with Gasteiger partial charge >= 0.3 is 0 Å². The minimum atomic E-state index is -0.369. The number of carbonyl (C=O) groups is 1. The molecular weight excluding hydrogens is 326 g/mol. The zero-order chi connectivity index (χ0) is 14.8. The van der Waals surface area contributed by atoms with E-state index in [0.29, 0.717) is 30.6 Å². The van der Waals surface area contributed by atoms with E-state index in [2.05, 4.69) is 5.32 Å². The van der Waals surface area contributed by atoms with Gasteiger partial charge in [-0.25, -0.2) is 0 Å². The van der Waals surface area contributed by atoms with Gasteiger partial charge in [-0.3, -0.25) is 14.9 Å². The van der Waals surface area contributed by atoms with Crippen molar-refractivity contribution in [2.45, 2.75) is 18.9 Å². The largest absolute Gasteiger partial charge is 0.312 e. The number of carbonyl (C=O) groups excluding carboxylic acids is 1. The lowest BCUT2D eigenvalue weighted by Crippen LogP contribution is -2.42. The second-order valence-corrected chi connectivity index (χ2v) is 6.41. The van der Waals surface area contributed by atoms with Crippen LogP contribution >= 0.6 is 24.2 Å². The molecule has 0 radical (unpaired) electrons. The first-order valence-corrected chi connectivity index (χ1v) is 8.20. The van der Waals surface area contributed by atoms with E-state index in [9.17, 15) is 14.9 Å². The maximum Gasteiger partial charge on any atom is 0.274 e. The molecule has 0 bridgehead atoms. The Balaban J connectivity index is 0.00000176. The number of benzene rings is 1. The van der Waals surface area contributed by atoms with Gasteiger partial charge in [0.15, 0.2) is 0 Å². The predicted octanol–water partition coefficient (Wildman–Crippen LogP) is 2.00. The average molecular weight is 344 g/mol. The first-order valence-electron chi connectivity index (χ1n) is 7.04. The standard InChI is InChI=1S/C14H17N3O3S.ClH/c18-14(8-10-9-21-7-5-15-10)16-6-4-11-12(16)2-1-3-13(11)17(19)20;/h1-3,10,15H,4-9H2;1H. The molecule has 0 aliphatic carbocycles. The molecule has 1 saturated heterocycles. The average Bonchev–Trinajstić information content (AvgIpc) is 2.92. The molecule has 3 rings (SSSR count). The molecule has 0 saturated carbocycles. The highest BCUT2D eigenvalue weighted by molar-refractivity contribution is 7.99. The summed E-state index contributed by atoms with van der Waals surface area (Å²) in [4.78, 5) is 24.8. The minimum Gasteiger partial charge on any atom is -0.312 e. The minimum absolute atomic E-state index is 0. The molecule has 1 unspecified atom stereocenters. The van der Waals surface area contributed by atoms with Crippen LogP contribution in [0.4, 0.5) is 11.4 Å². The van der Waals surface area contributed by atoms with E-state index in [0.717, 1.165) is 18.1 Å². The highest BCUT2D eigenvalue weighted by Crippen LogP contribution is 2.35. The van der Waals surface area contributed by atoms with E-state index < -0.39 is 0 Å². The summed E-state index contributed by atoms with van der Waals surface area (Å²) in [6.07, 6.45) is 1.01. The van der Waals surface area contributed by atoms with Crippen molar-refractivity contribution in [3.8, 4) is 0 Å². The van der Waals surface area contributed by atoms with Crippen LogP contribution in [-0.2, 0) is 11.2 Å². The Labute approximate surface area is 139 Å². The van der Waals surface area contributed by atoms with Crippen molar-refractivity contribution in [1.82, 2.24) is 5.32 Å². The van der Waals surface area contributed by atoms with Crippen molar-refractivity contribution in [3.63, 3.8) is 0 Å². The van der Waals surface area contributed by atoms with Crippen LogP contribution in [-0.4, -0.2) is 41.5 Å². The van der Waals surface area contributed by atoms with Crippen molar-refractivity contribution in [3.05, 3.63) is 33.9 Å². The summed E-state index contributed by atoms with van der Waals surface area (Å²) < 4.78 is 0. The molecule has 8 heteroatoms. The molecule has 0 aromatic heterocycles. The third kappa shape index (κ3) is 3.37. The van der Waals surface area contributed by atoms with E-state index in [-0.39, 0.29) is 35.0 Å². The van der Waals surface area contributed by atoms with Gasteiger partial charge in [0.1, 0.15) is 0 Å². The quantitative estimate of drug-likeness (QED) is 0.671. The third-order valence-electron chi connectivity index (χ3n) is 3.92. The Bertz CT molecular complexity index is 578. The normalized spacial score (nSPS) is 20.2. The summed E-state index contributed by atoms with van der Waals surface area (Å²) in [7, 11) is 0. The van der Waals surface area contributed by atoms with Gasteiger partial charge in [-0.1, -0.05) is 6.07 Å². The fourth-order valence-corrected chi connectivity index (χ4v) is 3.87. The smallest absolute Gasteiger partial charge is 0.274 e. The van der Waals surface area contributed by atoms with Crippen molar-refractivity contribution in [1.29, 1.82) is 0 Å². The number of nitro groups is 1. The van der Waals surface area contributed by atoms with Gasteiger partial charge in [0.2, 0.25) is 5.91 Å². The van der Waals surface area contributed by atoms with E-state index >= 15 is 0 Å². The van der Waals surface area contributed by atoms with Crippen LogP contribution in [0.25, 0.3) is 0 Å². The van der Waals surface area contributed by atoms with Crippen molar-refractivity contribution in [2.24, 2.45) is 0 Å². The number of amides is 1. The Hall–Kier alpha value is -1.31. The van der Waals surface area contributed by atoms with Gasteiger partial charge in [0.05, 0.1) is 16.2 Å². The van der Waals surface area contributed by atoms with Crippen LogP contribution < -0.4 is 10.2 Å². The lowest BCUT2D eigenvalue weighted by Gasteiger charge is -2.25. The summed E-state index contributed by atoms with van der Waals surface area (Å²) in [6, 6.07) is 5.17. The zero-order valence-corrected chi connectivity index (χ0v) is 13.6. The van der Waals surface area contributed by atoms with E-state index in [1.165, 1.54) is 6.07 Å². The van der Waals surface area contributed by atoms with Crippen molar-refractivity contribution in [2.75, 3.05) is 29.5 Å². The summed E-state index contributed by atoms with van der Waals surface area (Å²) in [5.41, 5.74) is 1.51. The molecule has 0 spiro atoms. The highest BCUT2D eigenvalue weighted by atomic mass is 35.5. The van der Waals surface area contributed by atoms with Gasteiger partial charge in [0, 0.05) is 43.1 Å². The number of hydrogen-bond donors (Lipinski definition) is 1. The number of rotatable bonds is 3. The highest BCUT2D eigenvalue weighted by Gasteiger charge is 2.31. The number of anilines is 1. The Morgan fingerprint density at radius 3 is 3.00 bits per heavy atom. The maximum absolute atomic E-state index is 12.5. The number of nitrogens with zero attached hydrogens (tertiary/aromatic N) is 2. The molecule has 2 aliphatic rings. The lowest BCUT2D eigenvalue weighted by molar-refractivity contribution is -0.385. The van der Waals surface area contributed by atoms with Crippen LogP contribution in [0.3, 0.4) is 0 Å². The summed E-state index contributed by atoms with van der Waals surface area (Å²) in [5.74, 6) is 2.08. The van der Waals surface area contributed by atoms with Crippen LogP contribution in [0.5, 0.6) is 0 Å². The molecule has 1 atom stereocenters. The number of thioether (sulfide) groups is 1. The molecule has 1 aromatic rings. The van der Waals surface area contributed by atoms with Crippen LogP contribution in [0.1, 0.15) is 12.0 Å². The molecule has 22 heavy (non-hydrogen) atoms. The van der Waals surface area contributed by atoms with Crippen molar-refractivity contribution >= 4 is 41.5 Å². The fourth-order valence-electron chi connectivity index (χ4n) is 2.92. The van der Waals surface area contributed by atoms with Gasteiger partial charge < -0.3 is 10.2 Å². The number of nitrogens with one attached hydrogen (secondary N) is 1. The Kier molecular flexibility index (Phi) is 5.66. The van der Waals surface area contributed by atoms with E-state index in [4.69, 9.17) is 0 Å². The summed E-state index contributed by atoms with van der Waals surface area (Å²) in [6.45, 7) is 1.48. The number of nitro benzene ring substituents is 1. The number of hydrogen-bond acceptors (Lipinski definition) is 5. The molecule has 1 amide bonds. The first kappa shape index (κ1) is 17.1. The van der Waals surface area contributed by atoms with Crippen LogP contribution in [0.15, 0.2) is 18.2 Å². The van der Waals surface area contributed by atoms with Gasteiger partial charge in [-0.05, 0) is 12.5 Å². The first-order chi connectivity index (χ1) is 10.2. The molecule has 2 aliphatic heterocycles. The molecule has 2 heterocycles. The van der Waals surface area contributed by atoms with Crippen molar-refractivity contribution < 1.29 is 9.72 Å². The number of halogens is 1. The zero-order valence-electron chi connectivity index (χ0n) is 12.0. The predicted molar refractivity (Wildman–Crippen MR) is 90.1 cm³/mol. The van der Waals surface area contributed by atoms with Crippen LogP contribution in [0, 0.1) is 10.1 Å². The molecule has 6 nitrogen and oxygen atoms in total. The monoisotopic (exact) mass is 343 g/mol. The van der Waals surface area contributed by atoms with E-state index in [1.54, 1.807) is 17.0 Å². The summed E-state index contributed by atoms with van der Waals surface area (Å²) in [5, 5.41) is 14.4. The molecule has 1 aromatic carbocycles. The molecular formula is C14H18ClN3O3S. The lowest BCUT2D eigenvalue weighted by atomic mass is 10.1. The molecule has 1 N–H and O–H groups in total. The maximum atomic E-state index is 12.5. The Morgan fingerprint density at radius 1 is 1.50 bits per heavy atom. The second kappa shape index (κ2) is 7.30. The van der Waals surface area contributed by atoms with Crippen LogP contribution in [0.2, 0.25) is 0 Å². The van der Waals surface area contributed by atoms with E-state index in [1.807, 2.05) is 11.8 Å². The Morgan fingerprint density at radius 2 is 2.32 bits per heavy atom.